The standard InChI is InChI=1S/C17H19NO2/c1-12-8-9-14(10-13(12)2)11-17(19)18-15-6-4-5-7-16(15)20-3/h4-10H,11H2,1-3H3,(H,18,19). The minimum absolute atomic E-state index is 0.0437. The predicted octanol–water partition coefficient (Wildman–Crippen LogP) is 3.49. The lowest BCUT2D eigenvalue weighted by Crippen LogP contribution is -2.15. The molecular weight excluding hydrogens is 250 g/mol. The van der Waals surface area contributed by atoms with Gasteiger partial charge in [0, 0.05) is 0 Å². The van der Waals surface area contributed by atoms with Crippen molar-refractivity contribution in [3.8, 4) is 5.75 Å². The number of rotatable bonds is 4. The van der Waals surface area contributed by atoms with E-state index in [2.05, 4.69) is 25.2 Å². The van der Waals surface area contributed by atoms with E-state index in [1.54, 1.807) is 7.11 Å². The maximum atomic E-state index is 12.1. The number of amides is 1. The minimum atomic E-state index is -0.0437. The summed E-state index contributed by atoms with van der Waals surface area (Å²) in [5, 5.41) is 2.88. The summed E-state index contributed by atoms with van der Waals surface area (Å²) in [6, 6.07) is 13.5. The maximum Gasteiger partial charge on any atom is 0.228 e. The first-order valence-corrected chi connectivity index (χ1v) is 6.59. The van der Waals surface area contributed by atoms with Crippen LogP contribution in [0.4, 0.5) is 5.69 Å². The van der Waals surface area contributed by atoms with E-state index in [0.717, 1.165) is 5.56 Å². The van der Waals surface area contributed by atoms with Crippen LogP contribution in [-0.4, -0.2) is 13.0 Å². The maximum absolute atomic E-state index is 12.1. The SMILES string of the molecule is COc1ccccc1NC(=O)Cc1ccc(C)c(C)c1. The Bertz CT molecular complexity index is 620. The Hall–Kier alpha value is -2.29. The van der Waals surface area contributed by atoms with Gasteiger partial charge in [-0.3, -0.25) is 4.79 Å². The van der Waals surface area contributed by atoms with Crippen LogP contribution in [0.15, 0.2) is 42.5 Å². The van der Waals surface area contributed by atoms with E-state index < -0.39 is 0 Å². The van der Waals surface area contributed by atoms with Crippen LogP contribution in [0.2, 0.25) is 0 Å². The smallest absolute Gasteiger partial charge is 0.228 e. The number of carbonyl (C=O) groups is 1. The molecule has 1 N–H and O–H groups in total. The molecule has 2 aromatic carbocycles. The highest BCUT2D eigenvalue weighted by atomic mass is 16.5. The summed E-state index contributed by atoms with van der Waals surface area (Å²) in [5.41, 5.74) is 4.15. The monoisotopic (exact) mass is 269 g/mol. The topological polar surface area (TPSA) is 38.3 Å². The van der Waals surface area contributed by atoms with E-state index in [1.807, 2.05) is 36.4 Å². The number of anilines is 1. The Kier molecular flexibility index (Phi) is 4.41. The highest BCUT2D eigenvalue weighted by Gasteiger charge is 2.08. The molecule has 0 saturated carbocycles. The van der Waals surface area contributed by atoms with E-state index in [0.29, 0.717) is 17.9 Å². The molecule has 0 bridgehead atoms. The van der Waals surface area contributed by atoms with Crippen LogP contribution >= 0.6 is 0 Å². The fourth-order valence-electron chi connectivity index (χ4n) is 2.04. The number of ether oxygens (including phenoxy) is 1. The molecule has 2 aromatic rings. The summed E-state index contributed by atoms with van der Waals surface area (Å²) in [6.45, 7) is 4.12. The van der Waals surface area contributed by atoms with Gasteiger partial charge in [-0.05, 0) is 42.7 Å². The molecule has 0 atom stereocenters. The molecule has 104 valence electrons. The molecule has 3 nitrogen and oxygen atoms in total. The average Bonchev–Trinajstić information content (AvgIpc) is 2.43. The Morgan fingerprint density at radius 2 is 1.85 bits per heavy atom. The molecule has 3 heteroatoms. The molecule has 0 fully saturated rings. The van der Waals surface area contributed by atoms with Crippen molar-refractivity contribution in [3.63, 3.8) is 0 Å². The van der Waals surface area contributed by atoms with E-state index >= 15 is 0 Å². The third-order valence-electron chi connectivity index (χ3n) is 3.32. The molecule has 2 rings (SSSR count). The summed E-state index contributed by atoms with van der Waals surface area (Å²) in [7, 11) is 1.59. The number of hydrogen-bond acceptors (Lipinski definition) is 2. The first kappa shape index (κ1) is 14.1. The Labute approximate surface area is 119 Å². The Morgan fingerprint density at radius 1 is 1.10 bits per heavy atom. The molecular formula is C17H19NO2. The van der Waals surface area contributed by atoms with E-state index in [9.17, 15) is 4.79 Å². The molecule has 20 heavy (non-hydrogen) atoms. The first-order chi connectivity index (χ1) is 9.60. The van der Waals surface area contributed by atoms with Gasteiger partial charge in [-0.2, -0.15) is 0 Å². The van der Waals surface area contributed by atoms with Crippen molar-refractivity contribution >= 4 is 11.6 Å². The summed E-state index contributed by atoms with van der Waals surface area (Å²) in [5.74, 6) is 0.624. The number of hydrogen-bond donors (Lipinski definition) is 1. The van der Waals surface area contributed by atoms with Crippen LogP contribution in [0.5, 0.6) is 5.75 Å². The van der Waals surface area contributed by atoms with Gasteiger partial charge in [-0.15, -0.1) is 0 Å². The van der Waals surface area contributed by atoms with Crippen molar-refractivity contribution in [2.75, 3.05) is 12.4 Å². The molecule has 0 heterocycles. The number of carbonyl (C=O) groups excluding carboxylic acids is 1. The van der Waals surface area contributed by atoms with Gasteiger partial charge in [0.15, 0.2) is 0 Å². The Morgan fingerprint density at radius 3 is 2.55 bits per heavy atom. The van der Waals surface area contributed by atoms with E-state index in [1.165, 1.54) is 11.1 Å². The van der Waals surface area contributed by atoms with E-state index in [-0.39, 0.29) is 5.91 Å². The lowest BCUT2D eigenvalue weighted by molar-refractivity contribution is -0.115. The lowest BCUT2D eigenvalue weighted by atomic mass is 10.0. The fraction of sp³-hybridized carbons (Fsp3) is 0.235. The van der Waals surface area contributed by atoms with Crippen molar-refractivity contribution < 1.29 is 9.53 Å². The third kappa shape index (κ3) is 3.38. The number of benzene rings is 2. The largest absolute Gasteiger partial charge is 0.495 e. The second kappa shape index (κ2) is 6.24. The van der Waals surface area contributed by atoms with Crippen molar-refractivity contribution in [2.45, 2.75) is 20.3 Å². The van der Waals surface area contributed by atoms with Gasteiger partial charge in [0.05, 0.1) is 19.2 Å². The molecule has 1 amide bonds. The molecule has 0 saturated heterocycles. The number of methoxy groups -OCH3 is 1. The van der Waals surface area contributed by atoms with Crippen molar-refractivity contribution in [1.82, 2.24) is 0 Å². The molecule has 0 aliphatic carbocycles. The van der Waals surface area contributed by atoms with Crippen molar-refractivity contribution in [3.05, 3.63) is 59.2 Å². The van der Waals surface area contributed by atoms with Crippen LogP contribution in [0, 0.1) is 13.8 Å². The Balaban J connectivity index is 2.07. The molecule has 0 aliphatic rings. The van der Waals surface area contributed by atoms with Crippen molar-refractivity contribution in [2.24, 2.45) is 0 Å². The van der Waals surface area contributed by atoms with E-state index in [4.69, 9.17) is 4.74 Å². The van der Waals surface area contributed by atoms with Gasteiger partial charge in [-0.25, -0.2) is 0 Å². The third-order valence-corrected chi connectivity index (χ3v) is 3.32. The average molecular weight is 269 g/mol. The number of nitrogens with one attached hydrogen (secondary N) is 1. The molecule has 0 aliphatic heterocycles. The van der Waals surface area contributed by atoms with Crippen molar-refractivity contribution in [1.29, 1.82) is 0 Å². The number of para-hydroxylation sites is 2. The van der Waals surface area contributed by atoms with Gasteiger partial charge in [0.1, 0.15) is 5.75 Å². The van der Waals surface area contributed by atoms with Gasteiger partial charge >= 0.3 is 0 Å². The molecule has 0 unspecified atom stereocenters. The van der Waals surface area contributed by atoms with Crippen LogP contribution in [0.25, 0.3) is 0 Å². The first-order valence-electron chi connectivity index (χ1n) is 6.59. The summed E-state index contributed by atoms with van der Waals surface area (Å²) < 4.78 is 5.22. The fourth-order valence-corrected chi connectivity index (χ4v) is 2.04. The summed E-state index contributed by atoms with van der Waals surface area (Å²) in [4.78, 5) is 12.1. The molecule has 0 spiro atoms. The van der Waals surface area contributed by atoms with Gasteiger partial charge in [0.25, 0.3) is 0 Å². The normalized spacial score (nSPS) is 10.2. The zero-order valence-corrected chi connectivity index (χ0v) is 12.1. The quantitative estimate of drug-likeness (QED) is 0.922. The van der Waals surface area contributed by atoms with Crippen LogP contribution in [0.1, 0.15) is 16.7 Å². The summed E-state index contributed by atoms with van der Waals surface area (Å²) >= 11 is 0. The van der Waals surface area contributed by atoms with Gasteiger partial charge in [-0.1, -0.05) is 30.3 Å². The lowest BCUT2D eigenvalue weighted by Gasteiger charge is -2.10. The van der Waals surface area contributed by atoms with Gasteiger partial charge in [0.2, 0.25) is 5.91 Å². The zero-order chi connectivity index (χ0) is 14.5. The highest BCUT2D eigenvalue weighted by Crippen LogP contribution is 2.23. The molecule has 0 aromatic heterocycles. The molecule has 0 radical (unpaired) electrons. The summed E-state index contributed by atoms with van der Waals surface area (Å²) in [6.07, 6.45) is 0.360. The second-order valence-corrected chi connectivity index (χ2v) is 4.84. The minimum Gasteiger partial charge on any atom is -0.495 e. The zero-order valence-electron chi connectivity index (χ0n) is 12.1. The van der Waals surface area contributed by atoms with Crippen LogP contribution in [0.3, 0.4) is 0 Å². The highest BCUT2D eigenvalue weighted by molar-refractivity contribution is 5.93. The number of aryl methyl sites for hydroxylation is 2. The van der Waals surface area contributed by atoms with Crippen LogP contribution < -0.4 is 10.1 Å². The van der Waals surface area contributed by atoms with Gasteiger partial charge < -0.3 is 10.1 Å². The van der Waals surface area contributed by atoms with Crippen LogP contribution in [-0.2, 0) is 11.2 Å². The second-order valence-electron chi connectivity index (χ2n) is 4.84. The predicted molar refractivity (Wildman–Crippen MR) is 81.2 cm³/mol.